The number of methoxy groups -OCH3 is 1. The molecular weight excluding hydrogens is 404 g/mol. The van der Waals surface area contributed by atoms with Crippen LogP contribution in [-0.4, -0.2) is 13.1 Å². The largest absolute Gasteiger partial charge is 0.493 e. The van der Waals surface area contributed by atoms with E-state index in [1.807, 2.05) is 23.6 Å². The fourth-order valence-electron chi connectivity index (χ4n) is 2.99. The standard InChI is InChI=1S/C23H18O6S/c1-14-23(29-19-8-4-3-7-18(19)26-2)22(25)17-10-9-15(12-20(17)27-14)28-21(24)13-16-6-5-11-30-16/h3-12H,13H2,1-2H3. The van der Waals surface area contributed by atoms with E-state index >= 15 is 0 Å². The van der Waals surface area contributed by atoms with Crippen LogP contribution in [0.4, 0.5) is 0 Å². The Labute approximate surface area is 176 Å². The van der Waals surface area contributed by atoms with Gasteiger partial charge in [-0.05, 0) is 42.6 Å². The Kier molecular flexibility index (Phi) is 5.54. The highest BCUT2D eigenvalue weighted by Gasteiger charge is 2.17. The Morgan fingerprint density at radius 1 is 1.07 bits per heavy atom. The number of esters is 1. The zero-order valence-corrected chi connectivity index (χ0v) is 17.2. The minimum absolute atomic E-state index is 0.0782. The number of thiophene rings is 1. The van der Waals surface area contributed by atoms with Gasteiger partial charge in [-0.1, -0.05) is 18.2 Å². The van der Waals surface area contributed by atoms with Crippen LogP contribution in [0.25, 0.3) is 11.0 Å². The summed E-state index contributed by atoms with van der Waals surface area (Å²) in [6.07, 6.45) is 0.185. The maximum absolute atomic E-state index is 13.0. The summed E-state index contributed by atoms with van der Waals surface area (Å²) in [5.41, 5.74) is -0.0116. The number of aryl methyl sites for hydroxylation is 1. The van der Waals surface area contributed by atoms with Crippen molar-refractivity contribution in [2.75, 3.05) is 7.11 Å². The highest BCUT2D eigenvalue weighted by molar-refractivity contribution is 7.10. The first-order valence-electron chi connectivity index (χ1n) is 9.16. The van der Waals surface area contributed by atoms with Crippen LogP contribution in [0.5, 0.6) is 23.0 Å². The molecule has 0 aliphatic carbocycles. The monoisotopic (exact) mass is 422 g/mol. The molecule has 0 amide bonds. The van der Waals surface area contributed by atoms with Crippen LogP contribution < -0.4 is 19.6 Å². The molecule has 0 aliphatic heterocycles. The SMILES string of the molecule is COc1ccccc1Oc1c(C)oc2cc(OC(=O)Cc3cccs3)ccc2c1=O. The van der Waals surface area contributed by atoms with Crippen LogP contribution in [0.1, 0.15) is 10.6 Å². The molecule has 0 fully saturated rings. The van der Waals surface area contributed by atoms with Crippen LogP contribution in [0.3, 0.4) is 0 Å². The summed E-state index contributed by atoms with van der Waals surface area (Å²) in [5.74, 6) is 1.23. The Morgan fingerprint density at radius 3 is 2.60 bits per heavy atom. The molecule has 2 aromatic heterocycles. The maximum atomic E-state index is 13.0. The van der Waals surface area contributed by atoms with Crippen molar-refractivity contribution in [3.63, 3.8) is 0 Å². The van der Waals surface area contributed by atoms with Crippen molar-refractivity contribution in [2.45, 2.75) is 13.3 Å². The molecule has 0 N–H and O–H groups in total. The molecule has 0 saturated heterocycles. The molecular formula is C23H18O6S. The molecule has 0 atom stereocenters. The number of hydrogen-bond donors (Lipinski definition) is 0. The van der Waals surface area contributed by atoms with Crippen molar-refractivity contribution in [2.24, 2.45) is 0 Å². The number of ether oxygens (including phenoxy) is 3. The van der Waals surface area contributed by atoms with E-state index in [9.17, 15) is 9.59 Å². The average Bonchev–Trinajstić information content (AvgIpc) is 3.24. The first-order chi connectivity index (χ1) is 14.5. The minimum Gasteiger partial charge on any atom is -0.493 e. The van der Waals surface area contributed by atoms with Crippen LogP contribution in [0, 0.1) is 6.92 Å². The summed E-state index contributed by atoms with van der Waals surface area (Å²) in [4.78, 5) is 26.0. The van der Waals surface area contributed by atoms with Gasteiger partial charge in [0.05, 0.1) is 18.9 Å². The topological polar surface area (TPSA) is 75.0 Å². The fourth-order valence-corrected chi connectivity index (χ4v) is 3.68. The van der Waals surface area contributed by atoms with Gasteiger partial charge < -0.3 is 18.6 Å². The van der Waals surface area contributed by atoms with Crippen molar-refractivity contribution in [1.82, 2.24) is 0 Å². The molecule has 152 valence electrons. The third kappa shape index (κ3) is 4.06. The van der Waals surface area contributed by atoms with Gasteiger partial charge in [0.15, 0.2) is 11.5 Å². The zero-order valence-electron chi connectivity index (χ0n) is 16.3. The number of carbonyl (C=O) groups excluding carboxylic acids is 1. The Bertz CT molecular complexity index is 1260. The van der Waals surface area contributed by atoms with Gasteiger partial charge in [-0.25, -0.2) is 0 Å². The zero-order chi connectivity index (χ0) is 21.1. The molecule has 0 saturated carbocycles. The highest BCUT2D eigenvalue weighted by atomic mass is 32.1. The van der Waals surface area contributed by atoms with E-state index in [0.29, 0.717) is 34.0 Å². The lowest BCUT2D eigenvalue weighted by molar-refractivity contribution is -0.133. The minimum atomic E-state index is -0.382. The van der Waals surface area contributed by atoms with Crippen molar-refractivity contribution in [1.29, 1.82) is 0 Å². The van der Waals surface area contributed by atoms with E-state index in [-0.39, 0.29) is 23.6 Å². The van der Waals surface area contributed by atoms with E-state index in [2.05, 4.69) is 0 Å². The normalized spacial score (nSPS) is 10.7. The van der Waals surface area contributed by atoms with Crippen LogP contribution >= 0.6 is 11.3 Å². The number of hydrogen-bond acceptors (Lipinski definition) is 7. The molecule has 0 radical (unpaired) electrons. The second-order valence-corrected chi connectivity index (χ2v) is 7.49. The third-order valence-electron chi connectivity index (χ3n) is 4.40. The van der Waals surface area contributed by atoms with Gasteiger partial charge >= 0.3 is 5.97 Å². The summed E-state index contributed by atoms with van der Waals surface area (Å²) < 4.78 is 22.3. The van der Waals surface area contributed by atoms with Gasteiger partial charge in [0, 0.05) is 10.9 Å². The molecule has 2 aromatic carbocycles. The van der Waals surface area contributed by atoms with E-state index in [1.54, 1.807) is 37.3 Å². The summed E-state index contributed by atoms with van der Waals surface area (Å²) in [6, 6.07) is 15.4. The molecule has 0 bridgehead atoms. The number of benzene rings is 2. The number of para-hydroxylation sites is 2. The Hall–Kier alpha value is -3.58. The molecule has 6 nitrogen and oxygen atoms in total. The van der Waals surface area contributed by atoms with Crippen LogP contribution in [0.15, 0.2) is 69.2 Å². The molecule has 0 unspecified atom stereocenters. The predicted octanol–water partition coefficient (Wildman–Crippen LogP) is 5.11. The maximum Gasteiger partial charge on any atom is 0.316 e. The molecule has 4 aromatic rings. The second kappa shape index (κ2) is 8.42. The van der Waals surface area contributed by atoms with Gasteiger partial charge in [-0.15, -0.1) is 11.3 Å². The van der Waals surface area contributed by atoms with Gasteiger partial charge in [-0.2, -0.15) is 0 Å². The lowest BCUT2D eigenvalue weighted by Crippen LogP contribution is -2.11. The number of rotatable bonds is 6. The van der Waals surface area contributed by atoms with Crippen LogP contribution in [0.2, 0.25) is 0 Å². The van der Waals surface area contributed by atoms with Gasteiger partial charge in [-0.3, -0.25) is 9.59 Å². The quantitative estimate of drug-likeness (QED) is 0.317. The smallest absolute Gasteiger partial charge is 0.316 e. The average molecular weight is 422 g/mol. The number of carbonyl (C=O) groups is 1. The predicted molar refractivity (Wildman–Crippen MR) is 114 cm³/mol. The van der Waals surface area contributed by atoms with E-state index in [0.717, 1.165) is 4.88 Å². The summed E-state index contributed by atoms with van der Waals surface area (Å²) in [5, 5.41) is 2.23. The van der Waals surface area contributed by atoms with E-state index in [4.69, 9.17) is 18.6 Å². The van der Waals surface area contributed by atoms with E-state index in [1.165, 1.54) is 24.5 Å². The summed E-state index contributed by atoms with van der Waals surface area (Å²) in [6.45, 7) is 1.64. The molecule has 30 heavy (non-hydrogen) atoms. The van der Waals surface area contributed by atoms with Crippen molar-refractivity contribution < 1.29 is 23.4 Å². The van der Waals surface area contributed by atoms with Crippen LogP contribution in [-0.2, 0) is 11.2 Å². The molecule has 7 heteroatoms. The molecule has 4 rings (SSSR count). The van der Waals surface area contributed by atoms with Gasteiger partial charge in [0.2, 0.25) is 11.2 Å². The first kappa shape index (κ1) is 19.7. The second-order valence-electron chi connectivity index (χ2n) is 6.46. The molecule has 0 aliphatic rings. The first-order valence-corrected chi connectivity index (χ1v) is 10.0. The van der Waals surface area contributed by atoms with Crippen molar-refractivity contribution in [3.8, 4) is 23.0 Å². The summed E-state index contributed by atoms with van der Waals surface area (Å²) >= 11 is 1.49. The van der Waals surface area contributed by atoms with Gasteiger partial charge in [0.1, 0.15) is 17.1 Å². The highest BCUT2D eigenvalue weighted by Crippen LogP contribution is 2.32. The third-order valence-corrected chi connectivity index (χ3v) is 5.27. The lowest BCUT2D eigenvalue weighted by atomic mass is 10.2. The molecule has 2 heterocycles. The fraction of sp³-hybridized carbons (Fsp3) is 0.130. The van der Waals surface area contributed by atoms with Crippen molar-refractivity contribution >= 4 is 28.3 Å². The number of fused-ring (bicyclic) bond motifs is 1. The van der Waals surface area contributed by atoms with E-state index < -0.39 is 0 Å². The van der Waals surface area contributed by atoms with Crippen molar-refractivity contribution in [3.05, 3.63) is 80.8 Å². The molecule has 0 spiro atoms. The summed E-state index contributed by atoms with van der Waals surface area (Å²) in [7, 11) is 1.53. The Morgan fingerprint density at radius 2 is 1.87 bits per heavy atom. The Balaban J connectivity index is 1.62. The van der Waals surface area contributed by atoms with Gasteiger partial charge in [0.25, 0.3) is 0 Å². The lowest BCUT2D eigenvalue weighted by Gasteiger charge is -2.12.